The fourth-order valence-corrected chi connectivity index (χ4v) is 2.96. The second kappa shape index (κ2) is 5.92. The first-order chi connectivity index (χ1) is 11.8. The number of rotatable bonds is 4. The molecule has 0 saturated carbocycles. The molecule has 0 aliphatic carbocycles. The molecule has 2 aromatic heterocycles. The second-order valence-corrected chi connectivity index (χ2v) is 5.76. The van der Waals surface area contributed by atoms with Crippen LogP contribution in [0.1, 0.15) is 25.2 Å². The van der Waals surface area contributed by atoms with Crippen molar-refractivity contribution in [3.63, 3.8) is 0 Å². The average Bonchev–Trinajstić information content (AvgIpc) is 3.07. The molecule has 0 fully saturated rings. The molecule has 24 heavy (non-hydrogen) atoms. The molecule has 0 unspecified atom stereocenters. The first kappa shape index (κ1) is 14.6. The van der Waals surface area contributed by atoms with Crippen LogP contribution in [-0.4, -0.2) is 19.6 Å². The lowest BCUT2D eigenvalue weighted by Gasteiger charge is -2.10. The molecule has 0 aliphatic heterocycles. The SMILES string of the molecule is CCc1cccc(Nc2nc3ccccc3n3c(CC)nnc23)c1. The van der Waals surface area contributed by atoms with E-state index in [-0.39, 0.29) is 0 Å². The molecule has 120 valence electrons. The van der Waals surface area contributed by atoms with Crippen LogP contribution < -0.4 is 5.32 Å². The lowest BCUT2D eigenvalue weighted by molar-refractivity contribution is 0.922. The first-order valence-electron chi connectivity index (χ1n) is 8.29. The normalized spacial score (nSPS) is 11.2. The van der Waals surface area contributed by atoms with Crippen LogP contribution in [0, 0.1) is 0 Å². The molecule has 2 aromatic carbocycles. The van der Waals surface area contributed by atoms with E-state index in [2.05, 4.69) is 58.0 Å². The molecule has 5 heteroatoms. The van der Waals surface area contributed by atoms with E-state index in [4.69, 9.17) is 4.98 Å². The summed E-state index contributed by atoms with van der Waals surface area (Å²) in [4.78, 5) is 4.77. The summed E-state index contributed by atoms with van der Waals surface area (Å²) in [5.74, 6) is 1.67. The highest BCUT2D eigenvalue weighted by Crippen LogP contribution is 2.25. The molecule has 4 rings (SSSR count). The van der Waals surface area contributed by atoms with Gasteiger partial charge in [0.1, 0.15) is 5.82 Å². The lowest BCUT2D eigenvalue weighted by Crippen LogP contribution is -2.02. The maximum Gasteiger partial charge on any atom is 0.204 e. The Morgan fingerprint density at radius 1 is 0.958 bits per heavy atom. The summed E-state index contributed by atoms with van der Waals surface area (Å²) in [5.41, 5.74) is 5.01. The van der Waals surface area contributed by atoms with E-state index in [1.165, 1.54) is 5.56 Å². The molecule has 0 amide bonds. The van der Waals surface area contributed by atoms with Crippen LogP contribution in [0.25, 0.3) is 16.7 Å². The zero-order valence-corrected chi connectivity index (χ0v) is 13.8. The summed E-state index contributed by atoms with van der Waals surface area (Å²) in [7, 11) is 0. The van der Waals surface area contributed by atoms with Gasteiger partial charge in [-0.3, -0.25) is 4.40 Å². The molecule has 0 bridgehead atoms. The average molecular weight is 317 g/mol. The highest BCUT2D eigenvalue weighted by Gasteiger charge is 2.14. The van der Waals surface area contributed by atoms with Crippen molar-refractivity contribution in [2.75, 3.05) is 5.32 Å². The molecular weight excluding hydrogens is 298 g/mol. The van der Waals surface area contributed by atoms with Gasteiger partial charge in [0, 0.05) is 12.1 Å². The van der Waals surface area contributed by atoms with Gasteiger partial charge in [0.2, 0.25) is 5.65 Å². The summed E-state index contributed by atoms with van der Waals surface area (Å²) in [6.07, 6.45) is 1.82. The third-order valence-electron chi connectivity index (χ3n) is 4.21. The van der Waals surface area contributed by atoms with Gasteiger partial charge in [-0.25, -0.2) is 4.98 Å². The van der Waals surface area contributed by atoms with Crippen LogP contribution in [0.4, 0.5) is 11.5 Å². The van der Waals surface area contributed by atoms with Gasteiger partial charge in [0.15, 0.2) is 5.82 Å². The minimum atomic E-state index is 0.731. The Morgan fingerprint density at radius 3 is 2.67 bits per heavy atom. The quantitative estimate of drug-likeness (QED) is 0.614. The van der Waals surface area contributed by atoms with Gasteiger partial charge < -0.3 is 5.32 Å². The predicted molar refractivity (Wildman–Crippen MR) is 96.8 cm³/mol. The van der Waals surface area contributed by atoms with Crippen LogP contribution in [0.3, 0.4) is 0 Å². The van der Waals surface area contributed by atoms with Gasteiger partial charge in [0.25, 0.3) is 0 Å². The van der Waals surface area contributed by atoms with E-state index in [1.807, 2.05) is 24.3 Å². The molecule has 4 aromatic rings. The number of benzene rings is 2. The van der Waals surface area contributed by atoms with Gasteiger partial charge in [-0.15, -0.1) is 10.2 Å². The summed E-state index contributed by atoms with van der Waals surface area (Å²) in [5, 5.41) is 12.1. The summed E-state index contributed by atoms with van der Waals surface area (Å²) in [6.45, 7) is 4.24. The lowest BCUT2D eigenvalue weighted by atomic mass is 10.1. The summed E-state index contributed by atoms with van der Waals surface area (Å²) in [6, 6.07) is 16.5. The fourth-order valence-electron chi connectivity index (χ4n) is 2.96. The van der Waals surface area contributed by atoms with Crippen molar-refractivity contribution >= 4 is 28.2 Å². The van der Waals surface area contributed by atoms with Gasteiger partial charge in [-0.1, -0.05) is 38.1 Å². The van der Waals surface area contributed by atoms with Crippen LogP contribution >= 0.6 is 0 Å². The number of hydrogen-bond donors (Lipinski definition) is 1. The Balaban J connectivity index is 1.92. The van der Waals surface area contributed by atoms with Gasteiger partial charge >= 0.3 is 0 Å². The largest absolute Gasteiger partial charge is 0.337 e. The zero-order valence-electron chi connectivity index (χ0n) is 13.8. The van der Waals surface area contributed by atoms with Gasteiger partial charge in [0.05, 0.1) is 11.0 Å². The van der Waals surface area contributed by atoms with E-state index in [1.54, 1.807) is 0 Å². The minimum absolute atomic E-state index is 0.731. The molecule has 0 saturated heterocycles. The summed E-state index contributed by atoms with van der Waals surface area (Å²) < 4.78 is 2.09. The van der Waals surface area contributed by atoms with Crippen molar-refractivity contribution in [1.82, 2.24) is 19.6 Å². The topological polar surface area (TPSA) is 55.1 Å². The van der Waals surface area contributed by atoms with Crippen molar-refractivity contribution in [2.45, 2.75) is 26.7 Å². The van der Waals surface area contributed by atoms with Crippen LogP contribution in [0.15, 0.2) is 48.5 Å². The van der Waals surface area contributed by atoms with Crippen LogP contribution in [0.2, 0.25) is 0 Å². The Labute approximate surface area is 140 Å². The third-order valence-corrected chi connectivity index (χ3v) is 4.21. The molecule has 0 spiro atoms. The van der Waals surface area contributed by atoms with Crippen molar-refractivity contribution in [1.29, 1.82) is 0 Å². The Bertz CT molecular complexity index is 1020. The van der Waals surface area contributed by atoms with Crippen molar-refractivity contribution < 1.29 is 0 Å². The fraction of sp³-hybridized carbons (Fsp3) is 0.211. The Kier molecular flexibility index (Phi) is 3.61. The molecule has 2 heterocycles. The number of anilines is 2. The number of fused-ring (bicyclic) bond motifs is 3. The number of aromatic nitrogens is 4. The second-order valence-electron chi connectivity index (χ2n) is 5.76. The smallest absolute Gasteiger partial charge is 0.204 e. The molecular formula is C19H19N5. The number of hydrogen-bond acceptors (Lipinski definition) is 4. The monoisotopic (exact) mass is 317 g/mol. The van der Waals surface area contributed by atoms with E-state index in [0.29, 0.717) is 0 Å². The highest BCUT2D eigenvalue weighted by molar-refractivity contribution is 5.84. The Morgan fingerprint density at radius 2 is 1.83 bits per heavy atom. The third kappa shape index (κ3) is 2.38. The zero-order chi connectivity index (χ0) is 16.5. The molecule has 5 nitrogen and oxygen atoms in total. The minimum Gasteiger partial charge on any atom is -0.337 e. The first-order valence-corrected chi connectivity index (χ1v) is 8.29. The number of para-hydroxylation sites is 2. The van der Waals surface area contributed by atoms with Crippen LogP contribution in [0.5, 0.6) is 0 Å². The number of aryl methyl sites for hydroxylation is 2. The standard InChI is InChI=1S/C19H19N5/c1-3-13-8-7-9-14(12-13)20-18-19-23-22-17(4-2)24(19)16-11-6-5-10-15(16)21-18/h5-12H,3-4H2,1-2H3,(H,20,21). The van der Waals surface area contributed by atoms with Crippen molar-refractivity contribution in [2.24, 2.45) is 0 Å². The predicted octanol–water partition coefficient (Wildman–Crippen LogP) is 4.15. The maximum absolute atomic E-state index is 4.77. The molecule has 0 aliphatic rings. The maximum atomic E-state index is 4.77. The molecule has 1 N–H and O–H groups in total. The van der Waals surface area contributed by atoms with Crippen LogP contribution in [-0.2, 0) is 12.8 Å². The molecule has 0 atom stereocenters. The van der Waals surface area contributed by atoms with E-state index in [9.17, 15) is 0 Å². The number of nitrogens with zero attached hydrogens (tertiary/aromatic N) is 4. The highest BCUT2D eigenvalue weighted by atomic mass is 15.3. The van der Waals surface area contributed by atoms with E-state index in [0.717, 1.165) is 46.9 Å². The summed E-state index contributed by atoms with van der Waals surface area (Å²) >= 11 is 0. The van der Waals surface area contributed by atoms with Gasteiger partial charge in [-0.05, 0) is 36.2 Å². The number of nitrogens with one attached hydrogen (secondary N) is 1. The van der Waals surface area contributed by atoms with E-state index >= 15 is 0 Å². The van der Waals surface area contributed by atoms with Crippen molar-refractivity contribution in [3.8, 4) is 0 Å². The van der Waals surface area contributed by atoms with E-state index < -0.39 is 0 Å². The van der Waals surface area contributed by atoms with Gasteiger partial charge in [-0.2, -0.15) is 0 Å². The molecule has 0 radical (unpaired) electrons. The Hall–Kier alpha value is -2.95. The van der Waals surface area contributed by atoms with Crippen molar-refractivity contribution in [3.05, 3.63) is 59.9 Å².